The van der Waals surface area contributed by atoms with Crippen molar-refractivity contribution in [3.63, 3.8) is 0 Å². The first-order valence-corrected chi connectivity index (χ1v) is 2.61. The van der Waals surface area contributed by atoms with E-state index in [1.165, 1.54) is 0 Å². The smallest absolute Gasteiger partial charge is 0.123 e. The highest BCUT2D eigenvalue weighted by molar-refractivity contribution is 4.58. The van der Waals surface area contributed by atoms with Gasteiger partial charge in [-0.25, -0.2) is 4.39 Å². The van der Waals surface area contributed by atoms with E-state index in [4.69, 9.17) is 4.74 Å². The number of rotatable bonds is 0. The molecule has 1 aliphatic heterocycles. The van der Waals surface area contributed by atoms with Crippen LogP contribution in [-0.4, -0.2) is 19.4 Å². The van der Waals surface area contributed by atoms with Crippen LogP contribution in [0.4, 0.5) is 4.39 Å². The molecule has 0 saturated carbocycles. The van der Waals surface area contributed by atoms with E-state index in [2.05, 4.69) is 0 Å². The Morgan fingerprint density at radius 3 is 2.71 bits per heavy atom. The van der Waals surface area contributed by atoms with Crippen LogP contribution in [0.5, 0.6) is 0 Å². The van der Waals surface area contributed by atoms with Crippen molar-refractivity contribution in [3.8, 4) is 0 Å². The summed E-state index contributed by atoms with van der Waals surface area (Å²) < 4.78 is 16.9. The van der Waals surface area contributed by atoms with Gasteiger partial charge in [-0.3, -0.25) is 0 Å². The van der Waals surface area contributed by atoms with Gasteiger partial charge in [0, 0.05) is 6.61 Å². The van der Waals surface area contributed by atoms with Gasteiger partial charge < -0.3 is 4.74 Å². The second-order valence-corrected chi connectivity index (χ2v) is 1.81. The molecule has 42 valence electrons. The van der Waals surface area contributed by atoms with Gasteiger partial charge in [-0.05, 0) is 12.8 Å². The fraction of sp³-hybridized carbons (Fsp3) is 1.00. The Hall–Kier alpha value is -0.110. The molecule has 1 nitrogen and oxygen atoms in total. The lowest BCUT2D eigenvalue weighted by molar-refractivity contribution is 0.0366. The molecular formula is C5H9FO. The summed E-state index contributed by atoms with van der Waals surface area (Å²) in [7, 11) is 0. The summed E-state index contributed by atoms with van der Waals surface area (Å²) in [4.78, 5) is 0. The standard InChI is InChI=1S/C5H9FO/c6-5-2-1-3-7-4-5/h5H,1-4H2/t5-/m1/s1. The first-order chi connectivity index (χ1) is 3.39. The van der Waals surface area contributed by atoms with Crippen LogP contribution in [0.25, 0.3) is 0 Å². The molecule has 0 aromatic heterocycles. The van der Waals surface area contributed by atoms with Crippen molar-refractivity contribution in [1.29, 1.82) is 0 Å². The molecule has 1 fully saturated rings. The average molecular weight is 104 g/mol. The van der Waals surface area contributed by atoms with Crippen molar-refractivity contribution in [2.45, 2.75) is 19.0 Å². The van der Waals surface area contributed by atoms with E-state index in [1.54, 1.807) is 0 Å². The van der Waals surface area contributed by atoms with Gasteiger partial charge in [-0.15, -0.1) is 0 Å². The maximum absolute atomic E-state index is 12.1. The quantitative estimate of drug-likeness (QED) is 0.447. The topological polar surface area (TPSA) is 9.23 Å². The van der Waals surface area contributed by atoms with Gasteiger partial charge in [0.05, 0.1) is 6.61 Å². The predicted molar refractivity (Wildman–Crippen MR) is 24.9 cm³/mol. The highest BCUT2D eigenvalue weighted by Gasteiger charge is 2.10. The molecule has 1 atom stereocenters. The van der Waals surface area contributed by atoms with Crippen molar-refractivity contribution >= 4 is 0 Å². The van der Waals surface area contributed by atoms with E-state index < -0.39 is 6.17 Å². The molecule has 7 heavy (non-hydrogen) atoms. The fourth-order valence-corrected chi connectivity index (χ4v) is 0.701. The van der Waals surface area contributed by atoms with E-state index >= 15 is 0 Å². The van der Waals surface area contributed by atoms with Gasteiger partial charge in [0.15, 0.2) is 0 Å². The third-order valence-corrected chi connectivity index (χ3v) is 1.10. The first kappa shape index (κ1) is 5.04. The van der Waals surface area contributed by atoms with Crippen LogP contribution in [0.15, 0.2) is 0 Å². The molecule has 1 rings (SSSR count). The van der Waals surface area contributed by atoms with Crippen LogP contribution >= 0.6 is 0 Å². The van der Waals surface area contributed by atoms with Crippen LogP contribution in [0.1, 0.15) is 12.8 Å². The lowest BCUT2D eigenvalue weighted by atomic mass is 10.2. The molecule has 0 aromatic carbocycles. The Morgan fingerprint density at radius 1 is 1.57 bits per heavy atom. The molecule has 0 bridgehead atoms. The summed E-state index contributed by atoms with van der Waals surface area (Å²) in [5.41, 5.74) is 0. The Bertz CT molecular complexity index is 50.0. The largest absolute Gasteiger partial charge is 0.378 e. The molecule has 1 saturated heterocycles. The zero-order valence-corrected chi connectivity index (χ0v) is 4.19. The number of halogens is 1. The van der Waals surface area contributed by atoms with Crippen LogP contribution in [0, 0.1) is 0 Å². The average Bonchev–Trinajstić information content (AvgIpc) is 1.69. The van der Waals surface area contributed by atoms with E-state index in [9.17, 15) is 4.39 Å². The summed E-state index contributed by atoms with van der Waals surface area (Å²) in [6, 6.07) is 0. The van der Waals surface area contributed by atoms with Gasteiger partial charge in [-0.1, -0.05) is 0 Å². The van der Waals surface area contributed by atoms with E-state index in [0.717, 1.165) is 13.0 Å². The number of ether oxygens (including phenoxy) is 1. The molecule has 0 aliphatic carbocycles. The Labute approximate surface area is 42.5 Å². The number of hydrogen-bond donors (Lipinski definition) is 0. The van der Waals surface area contributed by atoms with Crippen LogP contribution in [-0.2, 0) is 4.74 Å². The highest BCUT2D eigenvalue weighted by Crippen LogP contribution is 2.07. The van der Waals surface area contributed by atoms with Crippen LogP contribution in [0.2, 0.25) is 0 Å². The molecule has 0 N–H and O–H groups in total. The minimum absolute atomic E-state index is 0.319. The van der Waals surface area contributed by atoms with Crippen molar-refractivity contribution in [3.05, 3.63) is 0 Å². The zero-order chi connectivity index (χ0) is 5.11. The van der Waals surface area contributed by atoms with Gasteiger partial charge in [0.25, 0.3) is 0 Å². The fourth-order valence-electron chi connectivity index (χ4n) is 0.701. The molecule has 1 heterocycles. The Balaban J connectivity index is 2.12. The van der Waals surface area contributed by atoms with Crippen molar-refractivity contribution < 1.29 is 9.13 Å². The van der Waals surface area contributed by atoms with E-state index in [-0.39, 0.29) is 0 Å². The lowest BCUT2D eigenvalue weighted by Gasteiger charge is -2.13. The number of alkyl halides is 1. The maximum atomic E-state index is 12.1. The normalized spacial score (nSPS) is 33.0. The van der Waals surface area contributed by atoms with Crippen molar-refractivity contribution in [2.24, 2.45) is 0 Å². The van der Waals surface area contributed by atoms with Crippen LogP contribution in [0.3, 0.4) is 0 Å². The molecule has 0 radical (unpaired) electrons. The summed E-state index contributed by atoms with van der Waals surface area (Å²) in [5, 5.41) is 0. The molecule has 0 unspecified atom stereocenters. The van der Waals surface area contributed by atoms with Gasteiger partial charge in [-0.2, -0.15) is 0 Å². The summed E-state index contributed by atoms with van der Waals surface area (Å²) in [6.07, 6.45) is 0.898. The Kier molecular flexibility index (Phi) is 1.63. The Morgan fingerprint density at radius 2 is 2.43 bits per heavy atom. The second kappa shape index (κ2) is 2.26. The minimum atomic E-state index is -0.686. The molecule has 0 aromatic rings. The zero-order valence-electron chi connectivity index (χ0n) is 4.19. The molecule has 0 spiro atoms. The van der Waals surface area contributed by atoms with Crippen LogP contribution < -0.4 is 0 Å². The molecule has 2 heteroatoms. The maximum Gasteiger partial charge on any atom is 0.123 e. The summed E-state index contributed by atoms with van der Waals surface area (Å²) >= 11 is 0. The second-order valence-electron chi connectivity index (χ2n) is 1.81. The van der Waals surface area contributed by atoms with E-state index in [1.807, 2.05) is 0 Å². The third-order valence-electron chi connectivity index (χ3n) is 1.10. The van der Waals surface area contributed by atoms with Gasteiger partial charge in [0.1, 0.15) is 6.17 Å². The molecular weight excluding hydrogens is 95.1 g/mol. The third kappa shape index (κ3) is 1.43. The predicted octanol–water partition coefficient (Wildman–Crippen LogP) is 1.13. The van der Waals surface area contributed by atoms with Gasteiger partial charge >= 0.3 is 0 Å². The van der Waals surface area contributed by atoms with Crippen molar-refractivity contribution in [2.75, 3.05) is 13.2 Å². The summed E-state index contributed by atoms with van der Waals surface area (Å²) in [5.74, 6) is 0. The van der Waals surface area contributed by atoms with Crippen molar-refractivity contribution in [1.82, 2.24) is 0 Å². The molecule has 0 amide bonds. The SMILES string of the molecule is F[C@@H]1CCCOC1. The monoisotopic (exact) mass is 104 g/mol. The summed E-state index contributed by atoms with van der Waals surface area (Å²) in [6.45, 7) is 1.07. The van der Waals surface area contributed by atoms with Gasteiger partial charge in [0.2, 0.25) is 0 Å². The highest BCUT2D eigenvalue weighted by atomic mass is 19.1. The number of hydrogen-bond acceptors (Lipinski definition) is 1. The first-order valence-electron chi connectivity index (χ1n) is 2.61. The minimum Gasteiger partial charge on any atom is -0.378 e. The lowest BCUT2D eigenvalue weighted by Crippen LogP contribution is -2.17. The molecule has 1 aliphatic rings. The van der Waals surface area contributed by atoms with E-state index in [0.29, 0.717) is 13.0 Å².